The molecule has 0 spiro atoms. The molecule has 0 radical (unpaired) electrons. The van der Waals surface area contributed by atoms with E-state index in [9.17, 15) is 0 Å². The third-order valence-electron chi connectivity index (χ3n) is 5.23. The Hall–Kier alpha value is -1.22. The molecule has 108 valence electrons. The molecular weight excluding hydrogens is 248 g/mol. The van der Waals surface area contributed by atoms with Gasteiger partial charge in [-0.2, -0.15) is 0 Å². The zero-order valence-electron chi connectivity index (χ0n) is 12.0. The summed E-state index contributed by atoms with van der Waals surface area (Å²) < 4.78 is 5.59. The fourth-order valence-electron chi connectivity index (χ4n) is 4.22. The van der Waals surface area contributed by atoms with Gasteiger partial charge in [0.05, 0.1) is 6.61 Å². The first-order chi connectivity index (χ1) is 9.90. The number of rotatable bonds is 3. The van der Waals surface area contributed by atoms with Gasteiger partial charge in [-0.1, -0.05) is 6.42 Å². The summed E-state index contributed by atoms with van der Waals surface area (Å²) in [5, 5.41) is 7.50. The van der Waals surface area contributed by atoms with E-state index in [1.807, 2.05) is 0 Å². The van der Waals surface area contributed by atoms with Gasteiger partial charge in [0.25, 0.3) is 0 Å². The Morgan fingerprint density at radius 2 is 2.15 bits per heavy atom. The first-order valence-corrected chi connectivity index (χ1v) is 8.16. The Labute approximate surface area is 121 Å². The van der Waals surface area contributed by atoms with E-state index in [1.54, 1.807) is 0 Å². The van der Waals surface area contributed by atoms with E-state index in [0.29, 0.717) is 6.04 Å². The van der Waals surface area contributed by atoms with Crippen LogP contribution >= 0.6 is 0 Å². The van der Waals surface area contributed by atoms with Crippen LogP contribution in [0.15, 0.2) is 18.2 Å². The SMILES string of the molecule is c1cc2c(cc1NC1CCCC1C1CCCN1)CCO2. The van der Waals surface area contributed by atoms with Gasteiger partial charge >= 0.3 is 0 Å². The van der Waals surface area contributed by atoms with Gasteiger partial charge in [0.15, 0.2) is 0 Å². The molecule has 3 unspecified atom stereocenters. The molecule has 1 saturated carbocycles. The van der Waals surface area contributed by atoms with Crippen LogP contribution in [-0.4, -0.2) is 25.2 Å². The predicted molar refractivity (Wildman–Crippen MR) is 81.4 cm³/mol. The number of hydrogen-bond donors (Lipinski definition) is 2. The second-order valence-electron chi connectivity index (χ2n) is 6.47. The smallest absolute Gasteiger partial charge is 0.122 e. The first kappa shape index (κ1) is 12.5. The maximum atomic E-state index is 5.59. The summed E-state index contributed by atoms with van der Waals surface area (Å²) in [6.45, 7) is 2.06. The quantitative estimate of drug-likeness (QED) is 0.887. The molecular formula is C17H24N2O. The highest BCUT2D eigenvalue weighted by molar-refractivity contribution is 5.53. The van der Waals surface area contributed by atoms with E-state index in [1.165, 1.54) is 49.9 Å². The maximum absolute atomic E-state index is 5.59. The summed E-state index contributed by atoms with van der Waals surface area (Å²) >= 11 is 0. The summed E-state index contributed by atoms with van der Waals surface area (Å²) in [6.07, 6.45) is 7.84. The summed E-state index contributed by atoms with van der Waals surface area (Å²) in [5.74, 6) is 1.89. The number of nitrogens with one attached hydrogen (secondary N) is 2. The highest BCUT2D eigenvalue weighted by Crippen LogP contribution is 2.35. The van der Waals surface area contributed by atoms with Crippen LogP contribution in [0.1, 0.15) is 37.7 Å². The number of anilines is 1. The largest absolute Gasteiger partial charge is 0.493 e. The van der Waals surface area contributed by atoms with Gasteiger partial charge < -0.3 is 15.4 Å². The average Bonchev–Trinajstić information content (AvgIpc) is 3.19. The Morgan fingerprint density at radius 1 is 1.15 bits per heavy atom. The molecule has 20 heavy (non-hydrogen) atoms. The monoisotopic (exact) mass is 272 g/mol. The van der Waals surface area contributed by atoms with Crippen molar-refractivity contribution in [2.75, 3.05) is 18.5 Å². The van der Waals surface area contributed by atoms with Gasteiger partial charge in [-0.25, -0.2) is 0 Å². The van der Waals surface area contributed by atoms with Crippen molar-refractivity contribution in [2.45, 2.75) is 50.6 Å². The number of fused-ring (bicyclic) bond motifs is 1. The lowest BCUT2D eigenvalue weighted by Gasteiger charge is -2.27. The minimum Gasteiger partial charge on any atom is -0.493 e. The van der Waals surface area contributed by atoms with Gasteiger partial charge in [0.2, 0.25) is 0 Å². The number of ether oxygens (including phenoxy) is 1. The van der Waals surface area contributed by atoms with Gasteiger partial charge in [0.1, 0.15) is 5.75 Å². The molecule has 3 heteroatoms. The van der Waals surface area contributed by atoms with Crippen molar-refractivity contribution in [3.63, 3.8) is 0 Å². The standard InChI is InChI=1S/C17H24N2O/c1-3-14(15-5-2-9-18-15)16(4-1)19-13-6-7-17-12(11-13)8-10-20-17/h6-7,11,14-16,18-19H,1-5,8-10H2. The van der Waals surface area contributed by atoms with Gasteiger partial charge in [0, 0.05) is 24.2 Å². The lowest BCUT2D eigenvalue weighted by Crippen LogP contribution is -2.38. The summed E-state index contributed by atoms with van der Waals surface area (Å²) in [6, 6.07) is 7.99. The van der Waals surface area contributed by atoms with Crippen LogP contribution in [0.3, 0.4) is 0 Å². The van der Waals surface area contributed by atoms with Crippen molar-refractivity contribution in [1.29, 1.82) is 0 Å². The van der Waals surface area contributed by atoms with Crippen molar-refractivity contribution in [3.05, 3.63) is 23.8 Å². The molecule has 3 nitrogen and oxygen atoms in total. The lowest BCUT2D eigenvalue weighted by molar-refractivity contribution is 0.357. The van der Waals surface area contributed by atoms with Crippen LogP contribution in [-0.2, 0) is 6.42 Å². The minimum atomic E-state index is 0.644. The van der Waals surface area contributed by atoms with E-state index < -0.39 is 0 Å². The number of hydrogen-bond acceptors (Lipinski definition) is 3. The van der Waals surface area contributed by atoms with Gasteiger partial charge in [-0.3, -0.25) is 0 Å². The van der Waals surface area contributed by atoms with Gasteiger partial charge in [-0.05, 0) is 61.9 Å². The fraction of sp³-hybridized carbons (Fsp3) is 0.647. The fourth-order valence-corrected chi connectivity index (χ4v) is 4.22. The molecule has 0 aromatic heterocycles. The third kappa shape index (κ3) is 2.28. The molecule has 1 aliphatic carbocycles. The van der Waals surface area contributed by atoms with Crippen LogP contribution in [0.5, 0.6) is 5.75 Å². The lowest BCUT2D eigenvalue weighted by atomic mass is 9.93. The van der Waals surface area contributed by atoms with Crippen LogP contribution in [0.4, 0.5) is 5.69 Å². The molecule has 2 fully saturated rings. The second-order valence-corrected chi connectivity index (χ2v) is 6.47. The highest BCUT2D eigenvalue weighted by atomic mass is 16.5. The second kappa shape index (κ2) is 5.28. The maximum Gasteiger partial charge on any atom is 0.122 e. The molecule has 1 aromatic rings. The zero-order valence-corrected chi connectivity index (χ0v) is 12.0. The zero-order chi connectivity index (χ0) is 13.4. The normalized spacial score (nSPS) is 32.1. The van der Waals surface area contributed by atoms with E-state index in [0.717, 1.165) is 30.7 Å². The molecule has 4 rings (SSSR count). The van der Waals surface area contributed by atoms with Crippen LogP contribution in [0.2, 0.25) is 0 Å². The van der Waals surface area contributed by atoms with Crippen molar-refractivity contribution in [2.24, 2.45) is 5.92 Å². The van der Waals surface area contributed by atoms with Crippen LogP contribution in [0.25, 0.3) is 0 Å². The highest BCUT2D eigenvalue weighted by Gasteiger charge is 2.34. The van der Waals surface area contributed by atoms with Crippen LogP contribution in [0, 0.1) is 5.92 Å². The molecule has 1 aromatic carbocycles. The van der Waals surface area contributed by atoms with Crippen molar-refractivity contribution in [3.8, 4) is 5.75 Å². The van der Waals surface area contributed by atoms with Crippen molar-refractivity contribution in [1.82, 2.24) is 5.32 Å². The van der Waals surface area contributed by atoms with Crippen molar-refractivity contribution < 1.29 is 4.74 Å². The van der Waals surface area contributed by atoms with Crippen LogP contribution < -0.4 is 15.4 Å². The van der Waals surface area contributed by atoms with Crippen molar-refractivity contribution >= 4 is 5.69 Å². The Kier molecular flexibility index (Phi) is 3.31. The molecule has 2 aliphatic heterocycles. The van der Waals surface area contributed by atoms with E-state index >= 15 is 0 Å². The van der Waals surface area contributed by atoms with E-state index in [-0.39, 0.29) is 0 Å². The molecule has 0 amide bonds. The predicted octanol–water partition coefficient (Wildman–Crippen LogP) is 2.95. The topological polar surface area (TPSA) is 33.3 Å². The first-order valence-electron chi connectivity index (χ1n) is 8.16. The molecule has 3 aliphatic rings. The summed E-state index contributed by atoms with van der Waals surface area (Å²) in [5.41, 5.74) is 2.65. The Balaban J connectivity index is 1.47. The summed E-state index contributed by atoms with van der Waals surface area (Å²) in [4.78, 5) is 0. The van der Waals surface area contributed by atoms with E-state index in [4.69, 9.17) is 4.74 Å². The molecule has 0 bridgehead atoms. The Bertz CT molecular complexity index is 482. The third-order valence-corrected chi connectivity index (χ3v) is 5.23. The minimum absolute atomic E-state index is 0.644. The Morgan fingerprint density at radius 3 is 3.05 bits per heavy atom. The van der Waals surface area contributed by atoms with E-state index in [2.05, 4.69) is 28.8 Å². The summed E-state index contributed by atoms with van der Waals surface area (Å²) in [7, 11) is 0. The average molecular weight is 272 g/mol. The molecule has 3 atom stereocenters. The van der Waals surface area contributed by atoms with Gasteiger partial charge in [-0.15, -0.1) is 0 Å². The number of benzene rings is 1. The molecule has 2 N–H and O–H groups in total. The molecule has 2 heterocycles. The molecule has 1 saturated heterocycles.